The number of nitrogens with zero attached hydrogens (tertiary/aromatic N) is 2. The average Bonchev–Trinajstić information content (AvgIpc) is 3.32. The third-order valence-corrected chi connectivity index (χ3v) is 5.49. The summed E-state index contributed by atoms with van der Waals surface area (Å²) in [6.45, 7) is 1.89. The first-order valence-electron chi connectivity index (χ1n) is 9.38. The van der Waals surface area contributed by atoms with Gasteiger partial charge in [-0.25, -0.2) is 4.98 Å². The fraction of sp³-hybridized carbons (Fsp3) is 0.286. The van der Waals surface area contributed by atoms with Crippen molar-refractivity contribution < 1.29 is 9.59 Å². The Morgan fingerprint density at radius 1 is 1.14 bits per heavy atom. The second-order valence-corrected chi connectivity index (χ2v) is 7.52. The van der Waals surface area contributed by atoms with Crippen molar-refractivity contribution in [2.24, 2.45) is 0 Å². The van der Waals surface area contributed by atoms with Crippen molar-refractivity contribution in [2.75, 3.05) is 5.32 Å². The summed E-state index contributed by atoms with van der Waals surface area (Å²) in [5.41, 5.74) is 2.29. The maximum atomic E-state index is 12.8. The highest BCUT2D eigenvalue weighted by Gasteiger charge is 2.24. The van der Waals surface area contributed by atoms with Crippen molar-refractivity contribution in [3.8, 4) is 0 Å². The molecule has 1 aromatic carbocycles. The van der Waals surface area contributed by atoms with Crippen molar-refractivity contribution in [1.82, 2.24) is 14.7 Å². The third kappa shape index (κ3) is 3.60. The molecule has 0 radical (unpaired) electrons. The van der Waals surface area contributed by atoms with E-state index in [9.17, 15) is 9.59 Å². The van der Waals surface area contributed by atoms with Crippen molar-refractivity contribution >= 4 is 34.6 Å². The minimum absolute atomic E-state index is 0.176. The highest BCUT2D eigenvalue weighted by atomic mass is 35.5. The van der Waals surface area contributed by atoms with E-state index in [1.54, 1.807) is 28.8 Å². The third-order valence-electron chi connectivity index (χ3n) is 5.09. The molecule has 6 nitrogen and oxygen atoms in total. The summed E-state index contributed by atoms with van der Waals surface area (Å²) in [6.07, 6.45) is 5.96. The van der Waals surface area contributed by atoms with Crippen molar-refractivity contribution in [2.45, 2.75) is 38.6 Å². The van der Waals surface area contributed by atoms with E-state index in [0.29, 0.717) is 16.2 Å². The lowest BCUT2D eigenvalue weighted by Crippen LogP contribution is -2.33. The molecule has 0 bridgehead atoms. The summed E-state index contributed by atoms with van der Waals surface area (Å²) in [4.78, 5) is 30.0. The number of carbonyl (C=O) groups excluding carboxylic acids is 2. The Labute approximate surface area is 167 Å². The number of hydrogen-bond acceptors (Lipinski definition) is 3. The van der Waals surface area contributed by atoms with Gasteiger partial charge in [0.25, 0.3) is 11.8 Å². The number of imidazole rings is 1. The van der Waals surface area contributed by atoms with Gasteiger partial charge in [0.05, 0.1) is 5.52 Å². The normalized spacial score (nSPS) is 14.4. The number of amides is 2. The van der Waals surface area contributed by atoms with Crippen LogP contribution in [0.3, 0.4) is 0 Å². The van der Waals surface area contributed by atoms with E-state index in [2.05, 4.69) is 15.6 Å². The van der Waals surface area contributed by atoms with Crippen LogP contribution in [0, 0.1) is 6.92 Å². The van der Waals surface area contributed by atoms with Gasteiger partial charge in [0.2, 0.25) is 5.82 Å². The van der Waals surface area contributed by atoms with Crippen LogP contribution < -0.4 is 10.6 Å². The van der Waals surface area contributed by atoms with Gasteiger partial charge in [-0.1, -0.05) is 36.6 Å². The Hall–Kier alpha value is -2.86. The standard InChI is InChI=1S/C21H21ClN4O2/c1-13-9-10-15(12-16(13)22)24-20(27)18-17-8-4-5-11-26(17)19(25-18)21(28)23-14-6-2-3-7-14/h4-5,8-12,14H,2-3,6-7H2,1H3,(H,23,28)(H,24,27). The minimum Gasteiger partial charge on any atom is -0.347 e. The first kappa shape index (κ1) is 18.5. The maximum absolute atomic E-state index is 12.8. The quantitative estimate of drug-likeness (QED) is 0.693. The number of nitrogens with one attached hydrogen (secondary N) is 2. The Kier molecular flexibility index (Phi) is 5.05. The zero-order valence-corrected chi connectivity index (χ0v) is 16.3. The lowest BCUT2D eigenvalue weighted by Gasteiger charge is -2.10. The molecular formula is C21H21ClN4O2. The van der Waals surface area contributed by atoms with E-state index in [4.69, 9.17) is 11.6 Å². The summed E-state index contributed by atoms with van der Waals surface area (Å²) in [5.74, 6) is -0.427. The van der Waals surface area contributed by atoms with Gasteiger partial charge < -0.3 is 10.6 Å². The van der Waals surface area contributed by atoms with E-state index in [-0.39, 0.29) is 29.4 Å². The number of anilines is 1. The van der Waals surface area contributed by atoms with Crippen molar-refractivity contribution in [3.05, 3.63) is 64.7 Å². The zero-order valence-electron chi connectivity index (χ0n) is 15.5. The van der Waals surface area contributed by atoms with Crippen LogP contribution in [0.4, 0.5) is 5.69 Å². The van der Waals surface area contributed by atoms with Crippen LogP contribution in [0.1, 0.15) is 52.4 Å². The van der Waals surface area contributed by atoms with E-state index < -0.39 is 0 Å². The summed E-state index contributed by atoms with van der Waals surface area (Å²) in [6, 6.07) is 10.9. The number of fused-ring (bicyclic) bond motifs is 1. The molecule has 28 heavy (non-hydrogen) atoms. The van der Waals surface area contributed by atoms with Crippen LogP contribution in [0.2, 0.25) is 5.02 Å². The monoisotopic (exact) mass is 396 g/mol. The predicted molar refractivity (Wildman–Crippen MR) is 109 cm³/mol. The number of pyridine rings is 1. The van der Waals surface area contributed by atoms with E-state index >= 15 is 0 Å². The lowest BCUT2D eigenvalue weighted by atomic mass is 10.2. The SMILES string of the molecule is Cc1ccc(NC(=O)c2nc(C(=O)NC3CCCC3)n3ccccc23)cc1Cl. The molecule has 144 valence electrons. The van der Waals surface area contributed by atoms with Crippen LogP contribution in [-0.2, 0) is 0 Å². The van der Waals surface area contributed by atoms with E-state index in [0.717, 1.165) is 31.2 Å². The molecule has 2 aromatic heterocycles. The van der Waals surface area contributed by atoms with E-state index in [1.165, 1.54) is 0 Å². The van der Waals surface area contributed by atoms with Crippen molar-refractivity contribution in [1.29, 1.82) is 0 Å². The van der Waals surface area contributed by atoms with Gasteiger partial charge in [0.15, 0.2) is 5.69 Å². The predicted octanol–water partition coefficient (Wildman–Crippen LogP) is 4.22. The van der Waals surface area contributed by atoms with Crippen LogP contribution in [0.5, 0.6) is 0 Å². The zero-order chi connectivity index (χ0) is 19.7. The fourth-order valence-electron chi connectivity index (χ4n) is 3.55. The van der Waals surface area contributed by atoms with Gasteiger partial charge in [-0.15, -0.1) is 0 Å². The molecule has 0 atom stereocenters. The summed E-state index contributed by atoms with van der Waals surface area (Å²) >= 11 is 6.14. The van der Waals surface area contributed by atoms with Crippen LogP contribution in [0.25, 0.3) is 5.52 Å². The summed E-state index contributed by atoms with van der Waals surface area (Å²) in [5, 5.41) is 6.42. The molecule has 2 heterocycles. The lowest BCUT2D eigenvalue weighted by molar-refractivity contribution is 0.0926. The molecule has 0 saturated heterocycles. The number of benzene rings is 1. The first-order chi connectivity index (χ1) is 13.5. The molecule has 2 amide bonds. The number of aromatic nitrogens is 2. The maximum Gasteiger partial charge on any atom is 0.287 e. The van der Waals surface area contributed by atoms with Crippen LogP contribution in [0.15, 0.2) is 42.6 Å². The van der Waals surface area contributed by atoms with Crippen molar-refractivity contribution in [3.63, 3.8) is 0 Å². The van der Waals surface area contributed by atoms with Crippen LogP contribution in [-0.4, -0.2) is 27.2 Å². The molecule has 1 aliphatic carbocycles. The van der Waals surface area contributed by atoms with E-state index in [1.807, 2.05) is 25.1 Å². The molecule has 2 N–H and O–H groups in total. The number of aryl methyl sites for hydroxylation is 1. The van der Waals surface area contributed by atoms with Gasteiger partial charge in [-0.05, 0) is 49.6 Å². The molecule has 7 heteroatoms. The van der Waals surface area contributed by atoms with Crippen LogP contribution >= 0.6 is 11.6 Å². The van der Waals surface area contributed by atoms with Gasteiger partial charge in [-0.2, -0.15) is 0 Å². The second kappa shape index (κ2) is 7.64. The average molecular weight is 397 g/mol. The molecule has 1 fully saturated rings. The minimum atomic E-state index is -0.386. The Balaban J connectivity index is 1.64. The summed E-state index contributed by atoms with van der Waals surface area (Å²) in [7, 11) is 0. The smallest absolute Gasteiger partial charge is 0.287 e. The number of rotatable bonds is 4. The molecule has 3 aromatic rings. The molecule has 0 unspecified atom stereocenters. The highest BCUT2D eigenvalue weighted by Crippen LogP contribution is 2.22. The highest BCUT2D eigenvalue weighted by molar-refractivity contribution is 6.31. The largest absolute Gasteiger partial charge is 0.347 e. The van der Waals surface area contributed by atoms with Gasteiger partial charge in [0, 0.05) is 22.9 Å². The van der Waals surface area contributed by atoms with Gasteiger partial charge in [-0.3, -0.25) is 14.0 Å². The Bertz CT molecular complexity index is 1050. The fourth-order valence-corrected chi connectivity index (χ4v) is 3.73. The Morgan fingerprint density at radius 3 is 2.68 bits per heavy atom. The summed E-state index contributed by atoms with van der Waals surface area (Å²) < 4.78 is 1.65. The Morgan fingerprint density at radius 2 is 1.93 bits per heavy atom. The first-order valence-corrected chi connectivity index (χ1v) is 9.76. The molecular weight excluding hydrogens is 376 g/mol. The van der Waals surface area contributed by atoms with Gasteiger partial charge in [0.1, 0.15) is 0 Å². The molecule has 1 saturated carbocycles. The number of hydrogen-bond donors (Lipinski definition) is 2. The van der Waals surface area contributed by atoms with Gasteiger partial charge >= 0.3 is 0 Å². The molecule has 0 spiro atoms. The topological polar surface area (TPSA) is 75.5 Å². The number of carbonyl (C=O) groups is 2. The molecule has 1 aliphatic rings. The molecule has 0 aliphatic heterocycles. The second-order valence-electron chi connectivity index (χ2n) is 7.11. The molecule has 4 rings (SSSR count). The number of halogens is 1.